The van der Waals surface area contributed by atoms with Gasteiger partial charge >= 0.3 is 0 Å². The van der Waals surface area contributed by atoms with Gasteiger partial charge in [0.25, 0.3) is 5.91 Å². The number of carbonyl (C=O) groups is 2. The van der Waals surface area contributed by atoms with Crippen LogP contribution in [-0.2, 0) is 6.54 Å². The first-order valence-corrected chi connectivity index (χ1v) is 9.50. The van der Waals surface area contributed by atoms with Gasteiger partial charge in [-0.25, -0.2) is 0 Å². The number of carbonyl (C=O) groups excluding carboxylic acids is 2. The lowest BCUT2D eigenvalue weighted by Gasteiger charge is -2.27. The number of Topliss-reactive ketones (excluding diaryl/α,β-unsaturated/α-hetero) is 1. The first kappa shape index (κ1) is 20.2. The molecule has 29 heavy (non-hydrogen) atoms. The van der Waals surface area contributed by atoms with Crippen molar-refractivity contribution in [3.63, 3.8) is 0 Å². The Labute approximate surface area is 170 Å². The minimum absolute atomic E-state index is 0.0189. The maximum atomic E-state index is 12.4. The highest BCUT2D eigenvalue weighted by Gasteiger charge is 2.15. The SMILES string of the molecule is CC(=O)c1ccc(NC(=O)c2ccc(N(Cc3ccccc3)C(C)C)nn2)cc1. The van der Waals surface area contributed by atoms with Crippen molar-refractivity contribution < 1.29 is 9.59 Å². The number of nitrogens with one attached hydrogen (secondary N) is 1. The molecule has 1 amide bonds. The number of hydrogen-bond donors (Lipinski definition) is 1. The summed E-state index contributed by atoms with van der Waals surface area (Å²) >= 11 is 0. The van der Waals surface area contributed by atoms with Crippen molar-refractivity contribution in [3.05, 3.63) is 83.6 Å². The first-order chi connectivity index (χ1) is 13.9. The Kier molecular flexibility index (Phi) is 6.34. The molecule has 0 bridgehead atoms. The van der Waals surface area contributed by atoms with E-state index < -0.39 is 0 Å². The molecule has 1 N–H and O–H groups in total. The van der Waals surface area contributed by atoms with Crippen molar-refractivity contribution in [2.24, 2.45) is 0 Å². The third-order valence-electron chi connectivity index (χ3n) is 4.55. The van der Waals surface area contributed by atoms with Gasteiger partial charge in [0.15, 0.2) is 17.3 Å². The predicted octanol–water partition coefficient (Wildman–Crippen LogP) is 4.35. The van der Waals surface area contributed by atoms with E-state index in [-0.39, 0.29) is 23.4 Å². The molecule has 0 aliphatic heterocycles. The average molecular weight is 388 g/mol. The van der Waals surface area contributed by atoms with Crippen LogP contribution in [0.3, 0.4) is 0 Å². The van der Waals surface area contributed by atoms with E-state index in [1.54, 1.807) is 30.3 Å². The molecule has 0 saturated heterocycles. The summed E-state index contributed by atoms with van der Waals surface area (Å²) in [7, 11) is 0. The van der Waals surface area contributed by atoms with Gasteiger partial charge < -0.3 is 10.2 Å². The lowest BCUT2D eigenvalue weighted by atomic mass is 10.1. The zero-order chi connectivity index (χ0) is 20.8. The summed E-state index contributed by atoms with van der Waals surface area (Å²) in [5.41, 5.74) is 2.60. The molecule has 3 rings (SSSR count). The Morgan fingerprint density at radius 3 is 2.17 bits per heavy atom. The van der Waals surface area contributed by atoms with E-state index in [1.165, 1.54) is 12.5 Å². The van der Waals surface area contributed by atoms with Crippen LogP contribution in [0, 0.1) is 0 Å². The second kappa shape index (κ2) is 9.10. The van der Waals surface area contributed by atoms with Gasteiger partial charge in [0.05, 0.1) is 0 Å². The molecule has 0 unspecified atom stereocenters. The molecule has 0 saturated carbocycles. The Hall–Kier alpha value is -3.54. The van der Waals surface area contributed by atoms with Gasteiger partial charge in [-0.2, -0.15) is 0 Å². The standard InChI is InChI=1S/C23H24N4O2/c1-16(2)27(15-18-7-5-4-6-8-18)22-14-13-21(25-26-22)23(29)24-20-11-9-19(10-12-20)17(3)28/h4-14,16H,15H2,1-3H3,(H,24,29). The Morgan fingerprint density at radius 1 is 0.931 bits per heavy atom. The third-order valence-corrected chi connectivity index (χ3v) is 4.55. The number of amides is 1. The van der Waals surface area contributed by atoms with Gasteiger partial charge in [-0.3, -0.25) is 9.59 Å². The van der Waals surface area contributed by atoms with Gasteiger partial charge in [0.2, 0.25) is 0 Å². The van der Waals surface area contributed by atoms with Gasteiger partial charge in [-0.1, -0.05) is 30.3 Å². The maximum absolute atomic E-state index is 12.4. The number of ketones is 1. The van der Waals surface area contributed by atoms with Gasteiger partial charge in [-0.15, -0.1) is 10.2 Å². The van der Waals surface area contributed by atoms with E-state index in [4.69, 9.17) is 0 Å². The number of aromatic nitrogens is 2. The Bertz CT molecular complexity index is 968. The van der Waals surface area contributed by atoms with Crippen molar-refractivity contribution in [2.75, 3.05) is 10.2 Å². The molecule has 0 aliphatic carbocycles. The van der Waals surface area contributed by atoms with Crippen LogP contribution in [0.5, 0.6) is 0 Å². The molecule has 2 aromatic carbocycles. The van der Waals surface area contributed by atoms with Gasteiger partial charge in [0.1, 0.15) is 0 Å². The highest BCUT2D eigenvalue weighted by Crippen LogP contribution is 2.18. The highest BCUT2D eigenvalue weighted by molar-refractivity contribution is 6.03. The van der Waals surface area contributed by atoms with Crippen LogP contribution in [0.4, 0.5) is 11.5 Å². The minimum Gasteiger partial charge on any atom is -0.348 e. The van der Waals surface area contributed by atoms with Crippen LogP contribution in [0.1, 0.15) is 47.2 Å². The van der Waals surface area contributed by atoms with Crippen molar-refractivity contribution in [1.29, 1.82) is 0 Å². The van der Waals surface area contributed by atoms with Crippen molar-refractivity contribution in [2.45, 2.75) is 33.4 Å². The van der Waals surface area contributed by atoms with Crippen LogP contribution < -0.4 is 10.2 Å². The third kappa shape index (κ3) is 5.25. The Morgan fingerprint density at radius 2 is 1.62 bits per heavy atom. The minimum atomic E-state index is -0.348. The van der Waals surface area contributed by atoms with E-state index in [0.29, 0.717) is 23.6 Å². The van der Waals surface area contributed by atoms with Crippen LogP contribution >= 0.6 is 0 Å². The monoisotopic (exact) mass is 388 g/mol. The van der Waals surface area contributed by atoms with E-state index in [1.807, 2.05) is 24.3 Å². The fourth-order valence-electron chi connectivity index (χ4n) is 2.89. The number of hydrogen-bond acceptors (Lipinski definition) is 5. The second-order valence-corrected chi connectivity index (χ2v) is 7.07. The Balaban J connectivity index is 1.70. The summed E-state index contributed by atoms with van der Waals surface area (Å²) in [6, 6.07) is 20.6. The summed E-state index contributed by atoms with van der Waals surface area (Å²) in [6.07, 6.45) is 0. The fraction of sp³-hybridized carbons (Fsp3) is 0.217. The summed E-state index contributed by atoms with van der Waals surface area (Å²) in [4.78, 5) is 25.9. The lowest BCUT2D eigenvalue weighted by Crippen LogP contribution is -2.31. The smallest absolute Gasteiger partial charge is 0.276 e. The van der Waals surface area contributed by atoms with Crippen LogP contribution in [0.15, 0.2) is 66.7 Å². The summed E-state index contributed by atoms with van der Waals surface area (Å²) in [6.45, 7) is 6.40. The molecule has 0 aliphatic rings. The molecular formula is C23H24N4O2. The second-order valence-electron chi connectivity index (χ2n) is 7.07. The maximum Gasteiger partial charge on any atom is 0.276 e. The number of anilines is 2. The number of benzene rings is 2. The molecule has 148 valence electrons. The zero-order valence-electron chi connectivity index (χ0n) is 16.8. The average Bonchev–Trinajstić information content (AvgIpc) is 2.73. The van der Waals surface area contributed by atoms with Crippen LogP contribution in [-0.4, -0.2) is 27.9 Å². The molecule has 0 spiro atoms. The van der Waals surface area contributed by atoms with E-state index in [0.717, 1.165) is 0 Å². The number of rotatable bonds is 7. The van der Waals surface area contributed by atoms with Crippen LogP contribution in [0.25, 0.3) is 0 Å². The molecule has 3 aromatic rings. The van der Waals surface area contributed by atoms with E-state index >= 15 is 0 Å². The number of nitrogens with zero attached hydrogens (tertiary/aromatic N) is 3. The summed E-state index contributed by atoms with van der Waals surface area (Å²) in [5.74, 6) is 0.347. The largest absolute Gasteiger partial charge is 0.348 e. The van der Waals surface area contributed by atoms with E-state index in [9.17, 15) is 9.59 Å². The summed E-state index contributed by atoms with van der Waals surface area (Å²) < 4.78 is 0. The summed E-state index contributed by atoms with van der Waals surface area (Å²) in [5, 5.41) is 11.1. The molecule has 1 aromatic heterocycles. The zero-order valence-corrected chi connectivity index (χ0v) is 16.8. The lowest BCUT2D eigenvalue weighted by molar-refractivity contribution is 0.101. The normalized spacial score (nSPS) is 10.6. The van der Waals surface area contributed by atoms with Crippen molar-refractivity contribution in [1.82, 2.24) is 10.2 Å². The molecular weight excluding hydrogens is 364 g/mol. The molecule has 6 heteroatoms. The van der Waals surface area contributed by atoms with Crippen molar-refractivity contribution in [3.8, 4) is 0 Å². The fourth-order valence-corrected chi connectivity index (χ4v) is 2.89. The van der Waals surface area contributed by atoms with Gasteiger partial charge in [-0.05, 0) is 62.7 Å². The molecule has 1 heterocycles. The van der Waals surface area contributed by atoms with E-state index in [2.05, 4.69) is 46.4 Å². The van der Waals surface area contributed by atoms with Crippen LogP contribution in [0.2, 0.25) is 0 Å². The molecule has 0 radical (unpaired) electrons. The molecule has 0 atom stereocenters. The molecule has 0 fully saturated rings. The highest BCUT2D eigenvalue weighted by atomic mass is 16.2. The topological polar surface area (TPSA) is 75.2 Å². The first-order valence-electron chi connectivity index (χ1n) is 9.50. The van der Waals surface area contributed by atoms with Gasteiger partial charge in [0, 0.05) is 23.8 Å². The van der Waals surface area contributed by atoms with Crippen molar-refractivity contribution >= 4 is 23.2 Å². The predicted molar refractivity (Wildman–Crippen MR) is 114 cm³/mol. The quantitative estimate of drug-likeness (QED) is 0.609. The molecule has 6 nitrogen and oxygen atoms in total.